The van der Waals surface area contributed by atoms with Crippen LogP contribution in [-0.4, -0.2) is 5.78 Å². The van der Waals surface area contributed by atoms with E-state index in [1.807, 2.05) is 50.3 Å². The quantitative estimate of drug-likeness (QED) is 0.588. The fourth-order valence-corrected chi connectivity index (χ4v) is 1.16. The molecule has 0 spiro atoms. The fourth-order valence-electron chi connectivity index (χ4n) is 1.16. The summed E-state index contributed by atoms with van der Waals surface area (Å²) in [4.78, 5) is 11.4. The van der Waals surface area contributed by atoms with Gasteiger partial charge in [-0.05, 0) is 13.8 Å². The molecule has 1 saturated carbocycles. The molecule has 13 heavy (non-hydrogen) atoms. The molecule has 1 nitrogen and oxygen atoms in total. The molecule has 0 aromatic carbocycles. The van der Waals surface area contributed by atoms with Gasteiger partial charge in [0.2, 0.25) is 0 Å². The lowest BCUT2D eigenvalue weighted by atomic mass is 9.84. The first kappa shape index (κ1) is 9.72. The van der Waals surface area contributed by atoms with Crippen LogP contribution in [0.25, 0.3) is 0 Å². The number of hydrogen-bond donors (Lipinski definition) is 0. The van der Waals surface area contributed by atoms with E-state index in [0.29, 0.717) is 0 Å². The first-order valence-corrected chi connectivity index (χ1v) is 4.48. The smallest absolute Gasteiger partial charge is 0.185 e. The third kappa shape index (κ3) is 2.28. The molecule has 0 radical (unpaired) electrons. The van der Waals surface area contributed by atoms with E-state index in [9.17, 15) is 4.79 Å². The van der Waals surface area contributed by atoms with Crippen molar-refractivity contribution < 1.29 is 4.79 Å². The summed E-state index contributed by atoms with van der Waals surface area (Å²) in [6, 6.07) is 0. The predicted octanol–water partition coefficient (Wildman–Crippen LogP) is 2.96. The molecular formula is C12H14O. The minimum Gasteiger partial charge on any atom is -0.289 e. The van der Waals surface area contributed by atoms with Gasteiger partial charge in [-0.3, -0.25) is 4.79 Å². The Kier molecular flexibility index (Phi) is 3.44. The van der Waals surface area contributed by atoms with Crippen LogP contribution < -0.4 is 0 Å². The zero-order valence-electron chi connectivity index (χ0n) is 8.08. The molecule has 1 fully saturated rings. The standard InChI is InChI=1S/C12H14O/c1-3-5-7-10-9-11(12(10)13)8-6-4-2/h3-8H,9H2,1-2H3/b5-3+,6-4+,10-7+,11-8+. The van der Waals surface area contributed by atoms with Crippen molar-refractivity contribution in [2.24, 2.45) is 0 Å². The van der Waals surface area contributed by atoms with Gasteiger partial charge in [-0.2, -0.15) is 0 Å². The molecule has 0 atom stereocenters. The van der Waals surface area contributed by atoms with Crippen molar-refractivity contribution in [2.45, 2.75) is 20.3 Å². The van der Waals surface area contributed by atoms with Gasteiger partial charge in [0.15, 0.2) is 5.78 Å². The van der Waals surface area contributed by atoms with Gasteiger partial charge in [-0.1, -0.05) is 36.5 Å². The summed E-state index contributed by atoms with van der Waals surface area (Å²) in [6.45, 7) is 3.88. The number of rotatable bonds is 2. The van der Waals surface area contributed by atoms with E-state index in [0.717, 1.165) is 17.6 Å². The summed E-state index contributed by atoms with van der Waals surface area (Å²) >= 11 is 0. The van der Waals surface area contributed by atoms with Gasteiger partial charge >= 0.3 is 0 Å². The van der Waals surface area contributed by atoms with E-state index in [2.05, 4.69) is 0 Å². The van der Waals surface area contributed by atoms with Gasteiger partial charge in [0.05, 0.1) is 0 Å². The molecule has 0 unspecified atom stereocenters. The molecule has 1 aliphatic carbocycles. The van der Waals surface area contributed by atoms with E-state index < -0.39 is 0 Å². The molecule has 0 heterocycles. The first-order chi connectivity index (χ1) is 6.29. The molecule has 0 N–H and O–H groups in total. The number of allylic oxidation sites excluding steroid dienone is 8. The van der Waals surface area contributed by atoms with Gasteiger partial charge in [-0.25, -0.2) is 0 Å². The van der Waals surface area contributed by atoms with E-state index in [1.165, 1.54) is 0 Å². The summed E-state index contributed by atoms with van der Waals surface area (Å²) in [6.07, 6.45) is 12.2. The Morgan fingerprint density at radius 3 is 1.77 bits per heavy atom. The van der Waals surface area contributed by atoms with Crippen LogP contribution in [0, 0.1) is 0 Å². The van der Waals surface area contributed by atoms with Crippen LogP contribution >= 0.6 is 0 Å². The lowest BCUT2D eigenvalue weighted by molar-refractivity contribution is -0.114. The monoisotopic (exact) mass is 174 g/mol. The summed E-state index contributed by atoms with van der Waals surface area (Å²) < 4.78 is 0. The Balaban J connectivity index is 2.62. The van der Waals surface area contributed by atoms with Crippen molar-refractivity contribution in [3.8, 4) is 0 Å². The average molecular weight is 174 g/mol. The van der Waals surface area contributed by atoms with Crippen LogP contribution in [0.4, 0.5) is 0 Å². The highest BCUT2D eigenvalue weighted by Gasteiger charge is 2.25. The molecular weight excluding hydrogens is 160 g/mol. The summed E-state index contributed by atoms with van der Waals surface area (Å²) in [5.41, 5.74) is 1.82. The maximum absolute atomic E-state index is 11.4. The molecule has 0 bridgehead atoms. The van der Waals surface area contributed by atoms with Crippen molar-refractivity contribution in [2.75, 3.05) is 0 Å². The van der Waals surface area contributed by atoms with Crippen LogP contribution in [0.1, 0.15) is 20.3 Å². The second-order valence-electron chi connectivity index (χ2n) is 2.94. The molecule has 1 heteroatoms. The van der Waals surface area contributed by atoms with Crippen LogP contribution in [-0.2, 0) is 4.79 Å². The lowest BCUT2D eigenvalue weighted by Gasteiger charge is -2.18. The number of carbonyl (C=O) groups is 1. The summed E-state index contributed by atoms with van der Waals surface area (Å²) in [5.74, 6) is 0.191. The second-order valence-corrected chi connectivity index (χ2v) is 2.94. The zero-order valence-corrected chi connectivity index (χ0v) is 8.08. The third-order valence-corrected chi connectivity index (χ3v) is 1.94. The van der Waals surface area contributed by atoms with E-state index in [1.54, 1.807) is 0 Å². The topological polar surface area (TPSA) is 17.1 Å². The predicted molar refractivity (Wildman–Crippen MR) is 55.4 cm³/mol. The summed E-state index contributed by atoms with van der Waals surface area (Å²) in [5, 5.41) is 0. The van der Waals surface area contributed by atoms with Gasteiger partial charge in [-0.15, -0.1) is 0 Å². The molecule has 0 aliphatic heterocycles. The summed E-state index contributed by atoms with van der Waals surface area (Å²) in [7, 11) is 0. The molecule has 0 aromatic rings. The number of Topliss-reactive ketones (excluding diaryl/α,β-unsaturated/α-hetero) is 1. The van der Waals surface area contributed by atoms with Crippen molar-refractivity contribution in [1.82, 2.24) is 0 Å². The maximum atomic E-state index is 11.4. The number of hydrogen-bond acceptors (Lipinski definition) is 1. The first-order valence-electron chi connectivity index (χ1n) is 4.48. The molecule has 68 valence electrons. The molecule has 1 aliphatic rings. The van der Waals surface area contributed by atoms with E-state index >= 15 is 0 Å². The normalized spacial score (nSPS) is 23.7. The Morgan fingerprint density at radius 1 is 1.00 bits per heavy atom. The average Bonchev–Trinajstić information content (AvgIpc) is 2.15. The Labute approximate surface area is 79.2 Å². The van der Waals surface area contributed by atoms with Gasteiger partial charge in [0.25, 0.3) is 0 Å². The minimum absolute atomic E-state index is 0.191. The number of carbonyl (C=O) groups excluding carboxylic acids is 1. The van der Waals surface area contributed by atoms with E-state index in [-0.39, 0.29) is 5.78 Å². The van der Waals surface area contributed by atoms with Crippen molar-refractivity contribution in [1.29, 1.82) is 0 Å². The van der Waals surface area contributed by atoms with Crippen molar-refractivity contribution >= 4 is 5.78 Å². The van der Waals surface area contributed by atoms with Crippen LogP contribution in [0.2, 0.25) is 0 Å². The second kappa shape index (κ2) is 4.61. The molecule has 0 aromatic heterocycles. The van der Waals surface area contributed by atoms with Crippen molar-refractivity contribution in [3.05, 3.63) is 47.6 Å². The van der Waals surface area contributed by atoms with Crippen LogP contribution in [0.3, 0.4) is 0 Å². The highest BCUT2D eigenvalue weighted by atomic mass is 16.1. The fraction of sp³-hybridized carbons (Fsp3) is 0.250. The lowest BCUT2D eigenvalue weighted by Crippen LogP contribution is -2.18. The highest BCUT2D eigenvalue weighted by molar-refractivity contribution is 6.16. The largest absolute Gasteiger partial charge is 0.289 e. The van der Waals surface area contributed by atoms with E-state index in [4.69, 9.17) is 0 Å². The molecule has 0 saturated heterocycles. The molecule has 0 amide bonds. The molecule has 1 rings (SSSR count). The Morgan fingerprint density at radius 2 is 1.46 bits per heavy atom. The minimum atomic E-state index is 0.191. The SMILES string of the molecule is C/C=C/C=C1\C/C(=C\C=C\C)C1=O. The Hall–Kier alpha value is -1.37. The van der Waals surface area contributed by atoms with Crippen LogP contribution in [0.15, 0.2) is 47.6 Å². The highest BCUT2D eigenvalue weighted by Crippen LogP contribution is 2.27. The van der Waals surface area contributed by atoms with Gasteiger partial charge < -0.3 is 0 Å². The van der Waals surface area contributed by atoms with Crippen molar-refractivity contribution in [3.63, 3.8) is 0 Å². The maximum Gasteiger partial charge on any atom is 0.185 e. The van der Waals surface area contributed by atoms with Gasteiger partial charge in [0.1, 0.15) is 0 Å². The number of ketones is 1. The third-order valence-electron chi connectivity index (χ3n) is 1.94. The van der Waals surface area contributed by atoms with Gasteiger partial charge in [0, 0.05) is 17.6 Å². The van der Waals surface area contributed by atoms with Crippen LogP contribution in [0.5, 0.6) is 0 Å². The Bertz CT molecular complexity index is 284. The zero-order chi connectivity index (χ0) is 9.68.